The molecule has 0 unspecified atom stereocenters. The Labute approximate surface area is 378 Å². The van der Waals surface area contributed by atoms with Gasteiger partial charge in [0.1, 0.15) is 5.01 Å². The molecule has 2 nitrogen and oxygen atoms in total. The number of rotatable bonds is 4. The topological polar surface area (TPSA) is 17.8 Å². The molecule has 2 aromatic heterocycles. The van der Waals surface area contributed by atoms with Crippen molar-refractivity contribution in [1.29, 1.82) is 0 Å². The van der Waals surface area contributed by atoms with Crippen LogP contribution in [0.4, 0.5) is 0 Å². The maximum atomic E-state index is 5.38. The van der Waals surface area contributed by atoms with Crippen molar-refractivity contribution in [3.05, 3.63) is 181 Å². The van der Waals surface area contributed by atoms with Crippen LogP contribution >= 0.6 is 11.3 Å². The van der Waals surface area contributed by atoms with E-state index in [0.29, 0.717) is 0 Å². The van der Waals surface area contributed by atoms with Crippen LogP contribution in [0.15, 0.2) is 103 Å². The number of benzene rings is 7. The van der Waals surface area contributed by atoms with Crippen LogP contribution in [-0.4, -0.2) is 16.3 Å². The Morgan fingerprint density at radius 3 is 1.44 bits per heavy atom. The highest BCUT2D eigenvalue weighted by atomic mass is 32.1. The molecule has 0 bridgehead atoms. The molecule has 0 spiro atoms. The molecule has 0 fully saturated rings. The molecular formula is C59H53BN2S. The fourth-order valence-corrected chi connectivity index (χ4v) is 11.4. The molecule has 0 amide bonds. The van der Waals surface area contributed by atoms with Crippen molar-refractivity contribution in [1.82, 2.24) is 9.46 Å². The average Bonchev–Trinajstić information content (AvgIpc) is 3.78. The van der Waals surface area contributed by atoms with Gasteiger partial charge >= 0.3 is 6.85 Å². The first kappa shape index (κ1) is 41.8. The van der Waals surface area contributed by atoms with Crippen LogP contribution in [0.5, 0.6) is 0 Å². The maximum absolute atomic E-state index is 5.38. The van der Waals surface area contributed by atoms with Gasteiger partial charge in [0.05, 0.1) is 10.2 Å². The molecule has 9 rings (SSSR count). The van der Waals surface area contributed by atoms with Gasteiger partial charge in [0, 0.05) is 38.5 Å². The van der Waals surface area contributed by atoms with Gasteiger partial charge in [-0.3, -0.25) is 0 Å². The van der Waals surface area contributed by atoms with Crippen molar-refractivity contribution < 1.29 is 0 Å². The van der Waals surface area contributed by atoms with Crippen LogP contribution in [-0.2, 0) is 0 Å². The van der Waals surface area contributed by atoms with Gasteiger partial charge in [-0.05, 0) is 186 Å². The van der Waals surface area contributed by atoms with Gasteiger partial charge < -0.3 is 4.48 Å². The van der Waals surface area contributed by atoms with Crippen LogP contribution in [0.3, 0.4) is 0 Å². The summed E-state index contributed by atoms with van der Waals surface area (Å²) < 4.78 is 3.59. The van der Waals surface area contributed by atoms with E-state index >= 15 is 0 Å². The van der Waals surface area contributed by atoms with E-state index in [0.717, 1.165) is 42.9 Å². The molecule has 0 radical (unpaired) electrons. The van der Waals surface area contributed by atoms with E-state index in [9.17, 15) is 0 Å². The monoisotopic (exact) mass is 832 g/mol. The van der Waals surface area contributed by atoms with Crippen LogP contribution in [0.25, 0.3) is 64.8 Å². The second-order valence-corrected chi connectivity index (χ2v) is 19.1. The number of aryl methyl sites for hydroxylation is 12. The summed E-state index contributed by atoms with van der Waals surface area (Å²) in [4.78, 5) is 5.38. The van der Waals surface area contributed by atoms with Crippen molar-refractivity contribution in [2.24, 2.45) is 0 Å². The molecule has 0 saturated carbocycles. The lowest BCUT2D eigenvalue weighted by atomic mass is 9.63. The highest BCUT2D eigenvalue weighted by Gasteiger charge is 2.26. The second kappa shape index (κ2) is 16.3. The lowest BCUT2D eigenvalue weighted by Crippen LogP contribution is -2.22. The van der Waals surface area contributed by atoms with Gasteiger partial charge in [-0.25, -0.2) is 4.98 Å². The summed E-state index contributed by atoms with van der Waals surface area (Å²) in [6, 6.07) is 38.5. The summed E-state index contributed by atoms with van der Waals surface area (Å²) in [5.41, 5.74) is 26.1. The van der Waals surface area contributed by atoms with Crippen LogP contribution < -0.4 is 0 Å². The van der Waals surface area contributed by atoms with Crippen LogP contribution in [0.2, 0.25) is 0 Å². The Morgan fingerprint density at radius 1 is 0.476 bits per heavy atom. The van der Waals surface area contributed by atoms with E-state index in [1.165, 1.54) is 99.8 Å². The Balaban J connectivity index is 1.45. The standard InChI is InChI=1S/C59H53BN2S/c1-34-23-38(5)48(39(6)24-34)19-21-60(22-20-49-40(7)25-35(2)26-41(49)8)62-54-18-17-46(56-42(9)27-36(3)28-43(56)10)31-50(54)51-32-47(57-44(11)29-37(4)30-45(57)12)33-52(58(51)62)59-61-53-15-13-14-16-55(53)63-59/h13-18,23-33H,1-12H3. The maximum Gasteiger partial charge on any atom is 0.434 e. The number of hydrogen-bond donors (Lipinski definition) is 0. The smallest absolute Gasteiger partial charge is 0.361 e. The van der Waals surface area contributed by atoms with Gasteiger partial charge in [0.15, 0.2) is 0 Å². The number of fused-ring (bicyclic) bond motifs is 4. The fourth-order valence-electron chi connectivity index (χ4n) is 10.4. The molecule has 0 atom stereocenters. The van der Waals surface area contributed by atoms with E-state index in [1.54, 1.807) is 11.3 Å². The quantitative estimate of drug-likeness (QED) is 0.128. The fraction of sp³-hybridized carbons (Fsp3) is 0.203. The average molecular weight is 833 g/mol. The van der Waals surface area contributed by atoms with E-state index in [-0.39, 0.29) is 0 Å². The second-order valence-electron chi connectivity index (χ2n) is 18.0. The van der Waals surface area contributed by atoms with Crippen molar-refractivity contribution in [2.45, 2.75) is 83.1 Å². The molecule has 0 aliphatic heterocycles. The Morgan fingerprint density at radius 2 is 0.937 bits per heavy atom. The number of para-hydroxylation sites is 1. The predicted octanol–water partition coefficient (Wildman–Crippen LogP) is 15.1. The lowest BCUT2D eigenvalue weighted by molar-refractivity contribution is 1.29. The minimum atomic E-state index is -0.499. The molecular weight excluding hydrogens is 780 g/mol. The highest BCUT2D eigenvalue weighted by molar-refractivity contribution is 7.21. The minimum absolute atomic E-state index is 0.499. The molecule has 0 saturated heterocycles. The van der Waals surface area contributed by atoms with Gasteiger partial charge in [0.2, 0.25) is 0 Å². The van der Waals surface area contributed by atoms with Crippen LogP contribution in [0, 0.1) is 107 Å². The zero-order valence-corrected chi connectivity index (χ0v) is 39.5. The normalized spacial score (nSPS) is 11.2. The SMILES string of the molecule is Cc1cc(C)c(C#CB(C#Cc2c(C)cc(C)cc2C)n2c3ccc(-c4c(C)cc(C)cc4C)cc3c3cc(-c4c(C)cc(C)cc4C)cc(-c4nc5ccccc5s4)c32)c(C)c1. The predicted molar refractivity (Wildman–Crippen MR) is 274 cm³/mol. The zero-order valence-electron chi connectivity index (χ0n) is 38.7. The van der Waals surface area contributed by atoms with E-state index in [4.69, 9.17) is 4.98 Å². The minimum Gasteiger partial charge on any atom is -0.361 e. The van der Waals surface area contributed by atoms with Gasteiger partial charge in [-0.15, -0.1) is 23.0 Å². The van der Waals surface area contributed by atoms with Crippen molar-refractivity contribution in [2.75, 3.05) is 0 Å². The summed E-state index contributed by atoms with van der Waals surface area (Å²) in [6.07, 6.45) is 0. The number of thiazole rings is 1. The summed E-state index contributed by atoms with van der Waals surface area (Å²) in [7, 11) is 0. The third-order valence-corrected chi connectivity index (χ3v) is 13.7. The van der Waals surface area contributed by atoms with Gasteiger partial charge in [0.25, 0.3) is 0 Å². The molecule has 63 heavy (non-hydrogen) atoms. The largest absolute Gasteiger partial charge is 0.434 e. The molecule has 2 heterocycles. The van der Waals surface area contributed by atoms with Gasteiger partial charge in [-0.1, -0.05) is 101 Å². The number of nitrogens with zero attached hydrogens (tertiary/aromatic N) is 2. The molecule has 7 aromatic carbocycles. The summed E-state index contributed by atoms with van der Waals surface area (Å²) in [5, 5.41) is 3.32. The molecule has 0 aliphatic carbocycles. The Bertz CT molecular complexity index is 3300. The van der Waals surface area contributed by atoms with Gasteiger partial charge in [-0.2, -0.15) is 0 Å². The van der Waals surface area contributed by atoms with Crippen molar-refractivity contribution in [3.8, 4) is 56.3 Å². The van der Waals surface area contributed by atoms with E-state index < -0.39 is 6.85 Å². The molecule has 308 valence electrons. The first-order valence-corrected chi connectivity index (χ1v) is 22.8. The van der Waals surface area contributed by atoms with E-state index in [2.05, 4.69) is 214 Å². The van der Waals surface area contributed by atoms with E-state index in [1.807, 2.05) is 0 Å². The highest BCUT2D eigenvalue weighted by Crippen LogP contribution is 2.44. The Hall–Kier alpha value is -6.59. The third-order valence-electron chi connectivity index (χ3n) is 12.6. The third kappa shape index (κ3) is 7.69. The Kier molecular flexibility index (Phi) is 10.8. The summed E-state index contributed by atoms with van der Waals surface area (Å²) in [6.45, 7) is 25.8. The van der Waals surface area contributed by atoms with Crippen LogP contribution in [0.1, 0.15) is 77.9 Å². The molecule has 9 aromatic rings. The summed E-state index contributed by atoms with van der Waals surface area (Å²) >= 11 is 1.75. The zero-order chi connectivity index (χ0) is 44.4. The lowest BCUT2D eigenvalue weighted by Gasteiger charge is -2.16. The number of aromatic nitrogens is 2. The van der Waals surface area contributed by atoms with Crippen molar-refractivity contribution >= 4 is 50.2 Å². The molecule has 4 heteroatoms. The molecule has 0 N–H and O–H groups in total. The van der Waals surface area contributed by atoms with Crippen molar-refractivity contribution in [3.63, 3.8) is 0 Å². The summed E-state index contributed by atoms with van der Waals surface area (Å²) in [5.74, 6) is 15.0. The first-order valence-electron chi connectivity index (χ1n) is 22.0. The molecule has 0 aliphatic rings. The number of hydrogen-bond acceptors (Lipinski definition) is 2. The first-order chi connectivity index (χ1) is 30.1.